The van der Waals surface area contributed by atoms with Crippen LogP contribution in [0.25, 0.3) is 3.87 Å². The molecule has 0 aliphatic heterocycles. The van der Waals surface area contributed by atoms with Crippen molar-refractivity contribution in [2.45, 2.75) is 0 Å². The van der Waals surface area contributed by atoms with Gasteiger partial charge in [0, 0.05) is 0 Å². The molecule has 0 radical (unpaired) electrons. The van der Waals surface area contributed by atoms with Crippen LogP contribution >= 0.6 is 28.6 Å². The molecule has 0 N–H and O–H groups in total. The largest absolute Gasteiger partial charge is 0.441 e. The van der Waals surface area contributed by atoms with Gasteiger partial charge in [0.2, 0.25) is 0 Å². The topological polar surface area (TPSA) is 4.36 Å². The fraction of sp³-hybridized carbons (Fsp3) is 0. The molecule has 0 bridgehead atoms. The molecule has 0 saturated heterocycles. The Balaban J connectivity index is 0. The summed E-state index contributed by atoms with van der Waals surface area (Å²) in [5.74, 6) is 0. The van der Waals surface area contributed by atoms with E-state index in [0.717, 1.165) is 0 Å². The molecule has 0 aliphatic carbocycles. The van der Waals surface area contributed by atoms with Crippen molar-refractivity contribution in [1.82, 2.24) is 0 Å². The lowest BCUT2D eigenvalue weighted by molar-refractivity contribution is 2.64. The molecule has 0 saturated carbocycles. The first kappa shape index (κ1) is 8.86. The standard InChI is InChI=1S/CBrN.ClH/c1-3-2;/h;1H. The summed E-state index contributed by atoms with van der Waals surface area (Å²) in [7, 11) is 0. The van der Waals surface area contributed by atoms with Crippen molar-refractivity contribution in [3.05, 3.63) is 10.4 Å². The summed E-state index contributed by atoms with van der Waals surface area (Å²) >= 11 is 2.44. The van der Waals surface area contributed by atoms with Crippen molar-refractivity contribution in [2.75, 3.05) is 0 Å². The molecule has 3 heteroatoms. The lowest BCUT2D eigenvalue weighted by Crippen LogP contribution is -0.744. The van der Waals surface area contributed by atoms with Crippen molar-refractivity contribution in [1.29, 1.82) is 0 Å². The zero-order valence-electron chi connectivity index (χ0n) is 1.73. The van der Waals surface area contributed by atoms with Crippen LogP contribution in [-0.2, 0) is 0 Å². The van der Waals surface area contributed by atoms with Crippen LogP contribution in [0.15, 0.2) is 0 Å². The van der Waals surface area contributed by atoms with Crippen LogP contribution in [0.2, 0.25) is 0 Å². The van der Waals surface area contributed by atoms with Gasteiger partial charge in [-0.25, -0.2) is 10.4 Å². The molecule has 0 unspecified atom stereocenters. The minimum atomic E-state index is 0. The molecule has 0 aliphatic rings. The SMILES string of the molecule is Cl.[C-]#[N+]Br. The molecular formula is CHBrClN. The monoisotopic (exact) mass is 141 g/mol. The van der Waals surface area contributed by atoms with Gasteiger partial charge in [-0.15, -0.1) is 12.4 Å². The summed E-state index contributed by atoms with van der Waals surface area (Å²) in [4.78, 5) is 0. The maximum absolute atomic E-state index is 5.75. The van der Waals surface area contributed by atoms with E-state index in [1.807, 2.05) is 0 Å². The molecule has 1 nitrogen and oxygen atoms in total. The zero-order valence-corrected chi connectivity index (χ0v) is 4.14. The summed E-state index contributed by atoms with van der Waals surface area (Å²) in [5, 5.41) is 0. The number of hydrogen-bond donors (Lipinski definition) is 0. The number of nitrogens with zero attached hydrogens (tertiary/aromatic N) is 1. The smallest absolute Gasteiger partial charge is 0.226 e. The molecular weight excluding hydrogens is 141 g/mol. The molecule has 0 fully saturated rings. The predicted octanol–water partition coefficient (Wildman–Crippen LogP) is 1.64. The second kappa shape index (κ2) is 10.5. The molecule has 0 atom stereocenters. The third kappa shape index (κ3) is 53.1. The van der Waals surface area contributed by atoms with E-state index in [1.165, 1.54) is 0 Å². The van der Waals surface area contributed by atoms with E-state index in [1.54, 1.807) is 0 Å². The van der Waals surface area contributed by atoms with Gasteiger partial charge in [-0.3, -0.25) is 0 Å². The van der Waals surface area contributed by atoms with Crippen molar-refractivity contribution >= 4 is 28.6 Å². The fourth-order valence-electron chi connectivity index (χ4n) is 0. The van der Waals surface area contributed by atoms with Gasteiger partial charge in [0.05, 0.1) is 0 Å². The first-order valence-corrected chi connectivity index (χ1v) is 1.10. The van der Waals surface area contributed by atoms with E-state index in [4.69, 9.17) is 6.57 Å². The Labute approximate surface area is 39.6 Å². The summed E-state index contributed by atoms with van der Waals surface area (Å²) < 4.78 is 2.56. The fourth-order valence-corrected chi connectivity index (χ4v) is 0. The van der Waals surface area contributed by atoms with E-state index in [2.05, 4.69) is 20.0 Å². The lowest BCUT2D eigenvalue weighted by atomic mass is 11.9. The van der Waals surface area contributed by atoms with Crippen LogP contribution in [-0.4, -0.2) is 0 Å². The molecule has 4 heavy (non-hydrogen) atoms. The van der Waals surface area contributed by atoms with Crippen LogP contribution in [0, 0.1) is 6.57 Å². The van der Waals surface area contributed by atoms with Crippen molar-refractivity contribution in [2.24, 2.45) is 0 Å². The Hall–Kier alpha value is 0.260. The van der Waals surface area contributed by atoms with E-state index < -0.39 is 0 Å². The summed E-state index contributed by atoms with van der Waals surface area (Å²) in [5.41, 5.74) is 0. The molecule has 0 spiro atoms. The average molecular weight is 142 g/mol. The van der Waals surface area contributed by atoms with Gasteiger partial charge in [0.15, 0.2) is 0 Å². The van der Waals surface area contributed by atoms with E-state index in [0.29, 0.717) is 0 Å². The van der Waals surface area contributed by atoms with Gasteiger partial charge in [0.25, 0.3) is 0 Å². The van der Waals surface area contributed by atoms with E-state index in [9.17, 15) is 0 Å². The van der Waals surface area contributed by atoms with E-state index >= 15 is 0 Å². The second-order valence-corrected chi connectivity index (χ2v) is 0.439. The Morgan fingerprint density at radius 3 is 1.75 bits per heavy atom. The highest BCUT2D eigenvalue weighted by Crippen LogP contribution is 1.69. The third-order valence-corrected chi connectivity index (χ3v) is 0. The summed E-state index contributed by atoms with van der Waals surface area (Å²) in [6.07, 6.45) is 0. The van der Waals surface area contributed by atoms with Crippen LogP contribution in [0.3, 0.4) is 0 Å². The molecule has 0 aromatic heterocycles. The van der Waals surface area contributed by atoms with Gasteiger partial charge in [-0.1, -0.05) is 0 Å². The number of hydrogen-bond acceptors (Lipinski definition) is 0. The third-order valence-electron chi connectivity index (χ3n) is 0. The van der Waals surface area contributed by atoms with Crippen LogP contribution in [0.1, 0.15) is 0 Å². The van der Waals surface area contributed by atoms with Gasteiger partial charge in [-0.05, 0) is 0 Å². The van der Waals surface area contributed by atoms with Gasteiger partial charge in [0.1, 0.15) is 0 Å². The lowest BCUT2D eigenvalue weighted by Gasteiger charge is -1.18. The first-order valence-electron chi connectivity index (χ1n) is 0.393. The maximum atomic E-state index is 5.75. The molecule has 24 valence electrons. The Bertz CT molecular complexity index is 29.5. The highest BCUT2D eigenvalue weighted by molar-refractivity contribution is 9.10. The highest BCUT2D eigenvalue weighted by atomic mass is 79.9. The average Bonchev–Trinajstić information content (AvgIpc) is 0.918. The normalized spacial score (nSPS) is 2.00. The van der Waals surface area contributed by atoms with Crippen LogP contribution < -0.4 is 0 Å². The minimum absolute atomic E-state index is 0. The van der Waals surface area contributed by atoms with E-state index in [-0.39, 0.29) is 12.4 Å². The quantitative estimate of drug-likeness (QED) is 0.453. The molecule has 0 amide bonds. The van der Waals surface area contributed by atoms with Crippen molar-refractivity contribution in [3.8, 4) is 0 Å². The Morgan fingerprint density at radius 1 is 1.75 bits per heavy atom. The number of rotatable bonds is 0. The molecule has 0 heterocycles. The van der Waals surface area contributed by atoms with Crippen LogP contribution in [0.5, 0.6) is 0 Å². The molecule has 0 aromatic rings. The van der Waals surface area contributed by atoms with Crippen LogP contribution in [0.4, 0.5) is 0 Å². The minimum Gasteiger partial charge on any atom is -0.226 e. The highest BCUT2D eigenvalue weighted by Gasteiger charge is 1.25. The predicted molar refractivity (Wildman–Crippen MR) is 22.8 cm³/mol. The molecule has 0 aromatic carbocycles. The van der Waals surface area contributed by atoms with Gasteiger partial charge < -0.3 is 0 Å². The maximum Gasteiger partial charge on any atom is 0.441 e. The van der Waals surface area contributed by atoms with Gasteiger partial charge >= 0.3 is 16.1 Å². The molecule has 0 rings (SSSR count). The Kier molecular flexibility index (Phi) is 23.2. The van der Waals surface area contributed by atoms with Crippen molar-refractivity contribution < 1.29 is 0 Å². The first-order chi connectivity index (χ1) is 1.41. The summed E-state index contributed by atoms with van der Waals surface area (Å²) in [6, 6.07) is 0. The van der Waals surface area contributed by atoms with Crippen molar-refractivity contribution in [3.63, 3.8) is 0 Å². The summed E-state index contributed by atoms with van der Waals surface area (Å²) in [6.45, 7) is 5.75. The van der Waals surface area contributed by atoms with Gasteiger partial charge in [-0.2, -0.15) is 0 Å². The number of halogens is 2. The second-order valence-electron chi connectivity index (χ2n) is 0.0845. The zero-order chi connectivity index (χ0) is 2.71. The Morgan fingerprint density at radius 2 is 1.75 bits per heavy atom.